The number of likely N-dealkylation sites (N-methyl/N-ethyl adjacent to an activating group) is 1. The predicted molar refractivity (Wildman–Crippen MR) is 180 cm³/mol. The van der Waals surface area contributed by atoms with Crippen LogP contribution in [0.3, 0.4) is 0 Å². The summed E-state index contributed by atoms with van der Waals surface area (Å²) in [5, 5.41) is 33.5. The number of aliphatic hydroxyl groups is 2. The van der Waals surface area contributed by atoms with Gasteiger partial charge in [0.2, 0.25) is 0 Å². The van der Waals surface area contributed by atoms with Crippen molar-refractivity contribution in [1.82, 2.24) is 4.90 Å². The highest BCUT2D eigenvalue weighted by molar-refractivity contribution is 5.95. The van der Waals surface area contributed by atoms with Crippen LogP contribution in [0.2, 0.25) is 0 Å². The third-order valence-electron chi connectivity index (χ3n) is 8.34. The van der Waals surface area contributed by atoms with E-state index >= 15 is 0 Å². The molecule has 0 spiro atoms. The lowest BCUT2D eigenvalue weighted by atomic mass is 9.83. The van der Waals surface area contributed by atoms with Gasteiger partial charge in [0.15, 0.2) is 12.4 Å². The van der Waals surface area contributed by atoms with Crippen LogP contribution in [0, 0.1) is 0 Å². The Morgan fingerprint density at radius 2 is 1.60 bits per heavy atom. The molecule has 0 aromatic heterocycles. The van der Waals surface area contributed by atoms with E-state index in [0.29, 0.717) is 23.4 Å². The monoisotopic (exact) mass is 654 g/mol. The van der Waals surface area contributed by atoms with Crippen LogP contribution in [0.15, 0.2) is 103 Å². The third-order valence-corrected chi connectivity index (χ3v) is 8.34. The average molecular weight is 655 g/mol. The number of benzene rings is 4. The molecule has 4 aromatic carbocycles. The molecule has 10 nitrogen and oxygen atoms in total. The Morgan fingerprint density at radius 3 is 2.29 bits per heavy atom. The zero-order valence-corrected chi connectivity index (χ0v) is 27.2. The molecule has 0 bridgehead atoms. The molecule has 1 saturated heterocycles. The van der Waals surface area contributed by atoms with Crippen molar-refractivity contribution in [3.8, 4) is 5.75 Å². The van der Waals surface area contributed by atoms with Crippen LogP contribution in [0.25, 0.3) is 0 Å². The largest absolute Gasteiger partial charge is 0.508 e. The summed E-state index contributed by atoms with van der Waals surface area (Å²) in [6.45, 7) is 3.39. The summed E-state index contributed by atoms with van der Waals surface area (Å²) in [5.74, 6) is -1.19. The van der Waals surface area contributed by atoms with Gasteiger partial charge in [0.05, 0.1) is 24.9 Å². The Bertz CT molecular complexity index is 1670. The molecule has 1 heterocycles. The molecule has 48 heavy (non-hydrogen) atoms. The number of rotatable bonds is 12. The zero-order valence-electron chi connectivity index (χ0n) is 27.2. The summed E-state index contributed by atoms with van der Waals surface area (Å²) in [6, 6.07) is 31.4. The highest BCUT2D eigenvalue weighted by atomic mass is 16.7. The maximum atomic E-state index is 12.7. The first kappa shape index (κ1) is 34.7. The molecule has 1 aliphatic rings. The first-order valence-electron chi connectivity index (χ1n) is 15.9. The van der Waals surface area contributed by atoms with E-state index in [1.54, 1.807) is 42.5 Å². The topological polar surface area (TPSA) is 138 Å². The molecule has 0 saturated carbocycles. The number of phenols is 1. The van der Waals surface area contributed by atoms with Crippen LogP contribution in [0.1, 0.15) is 66.1 Å². The molecule has 1 fully saturated rings. The van der Waals surface area contributed by atoms with E-state index in [4.69, 9.17) is 14.2 Å². The molecule has 6 atom stereocenters. The molecule has 0 aliphatic carbocycles. The lowest BCUT2D eigenvalue weighted by molar-refractivity contribution is -0.263. The maximum absolute atomic E-state index is 12.7. The number of carbonyl (C=O) groups excluding carboxylic acids is 2. The number of nitrogens with one attached hydrogen (secondary N) is 1. The first-order valence-corrected chi connectivity index (χ1v) is 15.9. The number of anilines is 1. The van der Waals surface area contributed by atoms with E-state index in [9.17, 15) is 24.9 Å². The lowest BCUT2D eigenvalue weighted by Gasteiger charge is -2.44. The van der Waals surface area contributed by atoms with Crippen LogP contribution in [-0.2, 0) is 30.4 Å². The molecule has 1 amide bonds. The standard InChI is InChI=1S/C38H42N2O8/c1-24(46-25(2)42)37(45)39-31-13-7-12-30(19-31)38-47-34(22-40(3)21-33(44)29-11-8-14-32(43)20-29)35(27-9-5-4-6-10-27)36(48-38)28-17-15-26(23-41)16-18-28/h4-20,24,33-36,38,41,43-44H,21-23H2,1-3H3,(H,39,45). The fraction of sp³-hybridized carbons (Fsp3) is 0.316. The number of carbonyl (C=O) groups is 2. The van der Waals surface area contributed by atoms with E-state index in [0.717, 1.165) is 16.7 Å². The van der Waals surface area contributed by atoms with E-state index in [1.165, 1.54) is 13.8 Å². The summed E-state index contributed by atoms with van der Waals surface area (Å²) in [7, 11) is 1.91. The number of amides is 1. The number of phenolic OH excluding ortho intramolecular Hbond substituents is 1. The van der Waals surface area contributed by atoms with Gasteiger partial charge in [-0.05, 0) is 60.5 Å². The Balaban J connectivity index is 1.47. The highest BCUT2D eigenvalue weighted by Crippen LogP contribution is 2.47. The molecule has 0 radical (unpaired) electrons. The van der Waals surface area contributed by atoms with Crippen LogP contribution in [0.5, 0.6) is 5.75 Å². The predicted octanol–water partition coefficient (Wildman–Crippen LogP) is 5.38. The van der Waals surface area contributed by atoms with Crippen molar-refractivity contribution in [1.29, 1.82) is 0 Å². The Morgan fingerprint density at radius 1 is 0.896 bits per heavy atom. The molecular formula is C38H42N2O8. The minimum Gasteiger partial charge on any atom is -0.508 e. The Hall–Kier alpha value is -4.58. The maximum Gasteiger partial charge on any atom is 0.303 e. The quantitative estimate of drug-likeness (QED) is 0.148. The minimum absolute atomic E-state index is 0.0802. The van der Waals surface area contributed by atoms with Gasteiger partial charge in [0, 0.05) is 37.2 Å². The van der Waals surface area contributed by atoms with Crippen molar-refractivity contribution in [2.75, 3.05) is 25.5 Å². The van der Waals surface area contributed by atoms with Crippen molar-refractivity contribution < 1.29 is 39.1 Å². The molecule has 1 aliphatic heterocycles. The summed E-state index contributed by atoms with van der Waals surface area (Å²) in [4.78, 5) is 26.1. The SMILES string of the molecule is CC(=O)OC(C)C(=O)Nc1cccc(C2OC(CN(C)CC(O)c3cccc(O)c3)C(c3ccccc3)C(c3ccc(CO)cc3)O2)c1. The Labute approximate surface area is 280 Å². The summed E-state index contributed by atoms with van der Waals surface area (Å²) >= 11 is 0. The number of ether oxygens (including phenoxy) is 3. The van der Waals surface area contributed by atoms with Crippen molar-refractivity contribution in [3.63, 3.8) is 0 Å². The molecule has 5 rings (SSSR count). The lowest BCUT2D eigenvalue weighted by Crippen LogP contribution is -2.44. The van der Waals surface area contributed by atoms with Gasteiger partial charge in [-0.1, -0.05) is 78.9 Å². The highest BCUT2D eigenvalue weighted by Gasteiger charge is 2.42. The molecular weight excluding hydrogens is 612 g/mol. The van der Waals surface area contributed by atoms with E-state index in [1.807, 2.05) is 72.6 Å². The van der Waals surface area contributed by atoms with E-state index < -0.39 is 42.6 Å². The molecule has 4 aromatic rings. The molecule has 10 heteroatoms. The van der Waals surface area contributed by atoms with Gasteiger partial charge in [-0.3, -0.25) is 9.59 Å². The number of aromatic hydroxyl groups is 1. The summed E-state index contributed by atoms with van der Waals surface area (Å²) in [6.07, 6.45) is -3.52. The molecule has 4 N–H and O–H groups in total. The summed E-state index contributed by atoms with van der Waals surface area (Å²) in [5.41, 5.74) is 4.46. The minimum atomic E-state index is -0.971. The van der Waals surface area contributed by atoms with Crippen molar-refractivity contribution >= 4 is 17.6 Å². The molecule has 6 unspecified atom stereocenters. The van der Waals surface area contributed by atoms with Crippen LogP contribution in [0.4, 0.5) is 5.69 Å². The average Bonchev–Trinajstić information content (AvgIpc) is 3.08. The second kappa shape index (κ2) is 16.0. The number of aliphatic hydroxyl groups excluding tert-OH is 2. The van der Waals surface area contributed by atoms with Gasteiger partial charge >= 0.3 is 5.97 Å². The van der Waals surface area contributed by atoms with Crippen LogP contribution in [-0.4, -0.2) is 64.4 Å². The van der Waals surface area contributed by atoms with Crippen molar-refractivity contribution in [2.24, 2.45) is 0 Å². The fourth-order valence-corrected chi connectivity index (χ4v) is 5.99. The first-order chi connectivity index (χ1) is 23.1. The second-order valence-corrected chi connectivity index (χ2v) is 12.1. The number of esters is 1. The van der Waals surface area contributed by atoms with Gasteiger partial charge in [0.25, 0.3) is 5.91 Å². The molecule has 252 valence electrons. The zero-order chi connectivity index (χ0) is 34.2. The normalized spacial score (nSPS) is 20.5. The number of hydrogen-bond donors (Lipinski definition) is 4. The van der Waals surface area contributed by atoms with E-state index in [-0.39, 0.29) is 24.8 Å². The van der Waals surface area contributed by atoms with Crippen molar-refractivity contribution in [3.05, 3.63) is 131 Å². The van der Waals surface area contributed by atoms with E-state index in [2.05, 4.69) is 5.32 Å². The fourth-order valence-electron chi connectivity index (χ4n) is 5.99. The number of hydrogen-bond acceptors (Lipinski definition) is 9. The van der Waals surface area contributed by atoms with Gasteiger partial charge in [0.1, 0.15) is 5.75 Å². The third kappa shape index (κ3) is 8.85. The Kier molecular flexibility index (Phi) is 11.6. The van der Waals surface area contributed by atoms with Gasteiger partial charge in [-0.2, -0.15) is 0 Å². The van der Waals surface area contributed by atoms with Crippen molar-refractivity contribution in [2.45, 2.75) is 57.1 Å². The van der Waals surface area contributed by atoms with Gasteiger partial charge < -0.3 is 39.7 Å². The van der Waals surface area contributed by atoms with Crippen LogP contribution < -0.4 is 5.32 Å². The smallest absolute Gasteiger partial charge is 0.303 e. The second-order valence-electron chi connectivity index (χ2n) is 12.1. The van der Waals surface area contributed by atoms with Crippen LogP contribution >= 0.6 is 0 Å². The van der Waals surface area contributed by atoms with Gasteiger partial charge in [-0.15, -0.1) is 0 Å². The number of nitrogens with zero attached hydrogens (tertiary/aromatic N) is 1. The summed E-state index contributed by atoms with van der Waals surface area (Å²) < 4.78 is 18.6. The van der Waals surface area contributed by atoms with Gasteiger partial charge in [-0.25, -0.2) is 0 Å².